The van der Waals surface area contributed by atoms with E-state index in [1.54, 1.807) is 0 Å². The van der Waals surface area contributed by atoms with Gasteiger partial charge in [0.25, 0.3) is 0 Å². The topological polar surface area (TPSA) is 57.5 Å². The second-order valence-electron chi connectivity index (χ2n) is 3.83. The first kappa shape index (κ1) is 13.8. The third-order valence-corrected chi connectivity index (χ3v) is 2.60. The van der Waals surface area contributed by atoms with E-state index in [0.717, 1.165) is 0 Å². The molecule has 0 saturated heterocycles. The van der Waals surface area contributed by atoms with Crippen molar-refractivity contribution in [1.82, 2.24) is 0 Å². The first-order chi connectivity index (χ1) is 8.61. The van der Waals surface area contributed by atoms with Crippen molar-refractivity contribution in [1.29, 1.82) is 0 Å². The average molecular weight is 244 g/mol. The number of hydrogen-bond donors (Lipinski definition) is 2. The smallest absolute Gasteiger partial charge is 0.450 e. The quantitative estimate of drug-likeness (QED) is 0.837. The van der Waals surface area contributed by atoms with Gasteiger partial charge >= 0.3 is 6.16 Å². The molecule has 2 aromatic rings. The van der Waals surface area contributed by atoms with Gasteiger partial charge in [-0.05, 0) is 11.1 Å². The van der Waals surface area contributed by atoms with Crippen molar-refractivity contribution in [2.75, 3.05) is 0 Å². The molecule has 0 aromatic heterocycles. The Labute approximate surface area is 106 Å². The van der Waals surface area contributed by atoms with Crippen molar-refractivity contribution < 1.29 is 15.0 Å². The molecule has 94 valence electrons. The van der Waals surface area contributed by atoms with Gasteiger partial charge in [0.2, 0.25) is 0 Å². The zero-order valence-electron chi connectivity index (χ0n) is 10.2. The lowest BCUT2D eigenvalue weighted by Crippen LogP contribution is -1.94. The van der Waals surface area contributed by atoms with Crippen LogP contribution in [0.25, 0.3) is 0 Å². The predicted octanol–water partition coefficient (Wildman–Crippen LogP) is 4.06. The van der Waals surface area contributed by atoms with Crippen LogP contribution in [-0.4, -0.2) is 16.4 Å². The Morgan fingerprint density at radius 3 is 1.39 bits per heavy atom. The van der Waals surface area contributed by atoms with E-state index in [1.807, 2.05) is 0 Å². The van der Waals surface area contributed by atoms with E-state index in [0.29, 0.717) is 5.92 Å². The zero-order valence-corrected chi connectivity index (χ0v) is 10.2. The van der Waals surface area contributed by atoms with E-state index in [9.17, 15) is 0 Å². The summed E-state index contributed by atoms with van der Waals surface area (Å²) in [6.07, 6.45) is -1.83. The summed E-state index contributed by atoms with van der Waals surface area (Å²) in [4.78, 5) is 8.56. The molecule has 0 atom stereocenters. The highest BCUT2D eigenvalue weighted by Gasteiger charge is 2.05. The summed E-state index contributed by atoms with van der Waals surface area (Å²) in [5.41, 5.74) is 2.75. The summed E-state index contributed by atoms with van der Waals surface area (Å²) in [7, 11) is 0. The number of hydrogen-bond acceptors (Lipinski definition) is 1. The van der Waals surface area contributed by atoms with Gasteiger partial charge < -0.3 is 10.2 Å². The lowest BCUT2D eigenvalue weighted by Gasteiger charge is -2.11. The van der Waals surface area contributed by atoms with Crippen LogP contribution in [-0.2, 0) is 0 Å². The maximum Gasteiger partial charge on any atom is 0.503 e. The fraction of sp³-hybridized carbons (Fsp3) is 0.133. The Morgan fingerprint density at radius 1 is 0.833 bits per heavy atom. The fourth-order valence-electron chi connectivity index (χ4n) is 1.68. The molecule has 0 aliphatic carbocycles. The molecule has 0 spiro atoms. The van der Waals surface area contributed by atoms with Crippen molar-refractivity contribution in [3.8, 4) is 0 Å². The third kappa shape index (κ3) is 4.70. The van der Waals surface area contributed by atoms with Crippen LogP contribution in [0.1, 0.15) is 24.0 Å². The minimum absolute atomic E-state index is 0.484. The van der Waals surface area contributed by atoms with Crippen molar-refractivity contribution >= 4 is 6.16 Å². The van der Waals surface area contributed by atoms with Crippen LogP contribution < -0.4 is 0 Å². The molecule has 3 nitrogen and oxygen atoms in total. The first-order valence-corrected chi connectivity index (χ1v) is 5.63. The van der Waals surface area contributed by atoms with Crippen LogP contribution in [0.2, 0.25) is 0 Å². The Bertz CT molecular complexity index is 422. The highest BCUT2D eigenvalue weighted by atomic mass is 16.6. The molecule has 0 aliphatic rings. The van der Waals surface area contributed by atoms with Gasteiger partial charge in [0.1, 0.15) is 0 Å². The largest absolute Gasteiger partial charge is 0.503 e. The van der Waals surface area contributed by atoms with Gasteiger partial charge in [-0.2, -0.15) is 0 Å². The van der Waals surface area contributed by atoms with Gasteiger partial charge in [0, 0.05) is 5.92 Å². The fourth-order valence-corrected chi connectivity index (χ4v) is 1.68. The molecule has 2 N–H and O–H groups in total. The van der Waals surface area contributed by atoms with Crippen LogP contribution in [0.15, 0.2) is 60.7 Å². The summed E-state index contributed by atoms with van der Waals surface area (Å²) >= 11 is 0. The molecule has 2 aromatic carbocycles. The Hall–Kier alpha value is -2.29. The van der Waals surface area contributed by atoms with E-state index in [2.05, 4.69) is 67.6 Å². The van der Waals surface area contributed by atoms with Gasteiger partial charge in [-0.3, -0.25) is 0 Å². The second kappa shape index (κ2) is 7.12. The maximum absolute atomic E-state index is 8.56. The zero-order chi connectivity index (χ0) is 13.4. The Morgan fingerprint density at radius 2 is 1.11 bits per heavy atom. The van der Waals surface area contributed by atoms with Crippen molar-refractivity contribution in [3.63, 3.8) is 0 Å². The molecular weight excluding hydrogens is 228 g/mol. The Balaban J connectivity index is 0.000000357. The number of benzene rings is 2. The average Bonchev–Trinajstić information content (AvgIpc) is 2.39. The predicted molar refractivity (Wildman–Crippen MR) is 71.1 cm³/mol. The van der Waals surface area contributed by atoms with Crippen molar-refractivity contribution in [2.24, 2.45) is 0 Å². The molecule has 18 heavy (non-hydrogen) atoms. The van der Waals surface area contributed by atoms with E-state index >= 15 is 0 Å². The van der Waals surface area contributed by atoms with Gasteiger partial charge in [-0.25, -0.2) is 4.79 Å². The van der Waals surface area contributed by atoms with E-state index in [4.69, 9.17) is 15.0 Å². The van der Waals surface area contributed by atoms with Crippen LogP contribution in [0.3, 0.4) is 0 Å². The van der Waals surface area contributed by atoms with Gasteiger partial charge in [-0.1, -0.05) is 67.6 Å². The standard InChI is InChI=1S/C14H14.CH2O3/c1-12(13-8-4-2-5-9-13)14-10-6-3-7-11-14;2-1(3)4/h2-12H,1H3;(H2,2,3,4). The van der Waals surface area contributed by atoms with Crippen molar-refractivity contribution in [2.45, 2.75) is 12.8 Å². The lowest BCUT2D eigenvalue weighted by atomic mass is 9.93. The van der Waals surface area contributed by atoms with Gasteiger partial charge in [0.05, 0.1) is 0 Å². The normalized spacial score (nSPS) is 9.44. The molecule has 0 heterocycles. The molecule has 0 saturated carbocycles. The molecule has 2 rings (SSSR count). The molecule has 0 radical (unpaired) electrons. The van der Waals surface area contributed by atoms with Crippen molar-refractivity contribution in [3.05, 3.63) is 71.8 Å². The molecular formula is C15H16O3. The van der Waals surface area contributed by atoms with Gasteiger partial charge in [0.15, 0.2) is 0 Å². The minimum atomic E-state index is -1.83. The van der Waals surface area contributed by atoms with Crippen LogP contribution in [0, 0.1) is 0 Å². The summed E-state index contributed by atoms with van der Waals surface area (Å²) in [5.74, 6) is 0.484. The second-order valence-corrected chi connectivity index (χ2v) is 3.83. The summed E-state index contributed by atoms with van der Waals surface area (Å²) < 4.78 is 0. The number of carbonyl (C=O) groups is 1. The summed E-state index contributed by atoms with van der Waals surface area (Å²) in [6, 6.07) is 21.2. The molecule has 0 fully saturated rings. The highest BCUT2D eigenvalue weighted by molar-refractivity contribution is 5.53. The molecule has 0 aliphatic heterocycles. The number of rotatable bonds is 2. The molecule has 0 bridgehead atoms. The summed E-state index contributed by atoms with van der Waals surface area (Å²) in [5, 5.41) is 13.9. The highest BCUT2D eigenvalue weighted by Crippen LogP contribution is 2.22. The third-order valence-electron chi connectivity index (χ3n) is 2.60. The SMILES string of the molecule is CC(c1ccccc1)c1ccccc1.O=C(O)O. The molecule has 0 amide bonds. The van der Waals surface area contributed by atoms with Crippen LogP contribution >= 0.6 is 0 Å². The van der Waals surface area contributed by atoms with E-state index < -0.39 is 6.16 Å². The van der Waals surface area contributed by atoms with E-state index in [-0.39, 0.29) is 0 Å². The minimum Gasteiger partial charge on any atom is -0.450 e. The van der Waals surface area contributed by atoms with Crippen LogP contribution in [0.4, 0.5) is 4.79 Å². The van der Waals surface area contributed by atoms with Gasteiger partial charge in [-0.15, -0.1) is 0 Å². The van der Waals surface area contributed by atoms with E-state index in [1.165, 1.54) is 11.1 Å². The monoisotopic (exact) mass is 244 g/mol. The molecule has 0 unspecified atom stereocenters. The number of carboxylic acid groups (broad SMARTS) is 2. The molecule has 3 heteroatoms. The summed E-state index contributed by atoms with van der Waals surface area (Å²) in [6.45, 7) is 2.24. The Kier molecular flexibility index (Phi) is 5.45. The lowest BCUT2D eigenvalue weighted by molar-refractivity contribution is 0.137. The maximum atomic E-state index is 8.56. The van der Waals surface area contributed by atoms with Crippen LogP contribution in [0.5, 0.6) is 0 Å². The first-order valence-electron chi connectivity index (χ1n) is 5.63.